The molecule has 0 bridgehead atoms. The highest BCUT2D eigenvalue weighted by molar-refractivity contribution is 7.11. The molecule has 3 heteroatoms. The highest BCUT2D eigenvalue weighted by Crippen LogP contribution is 2.20. The standard InChI is InChI=1S/C17H32N2S/c1-6-15(7-2)12-19(8-3)13-17-10-9-16(20-17)11-18-14(4)5/h9-10,14-15,18H,6-8,11-13H2,1-5H3. The number of hydrogen-bond donors (Lipinski definition) is 1. The predicted molar refractivity (Wildman–Crippen MR) is 91.3 cm³/mol. The van der Waals surface area contributed by atoms with Crippen molar-refractivity contribution in [2.45, 2.75) is 66.6 Å². The van der Waals surface area contributed by atoms with Crippen molar-refractivity contribution >= 4 is 11.3 Å². The Morgan fingerprint density at radius 2 is 1.75 bits per heavy atom. The molecule has 1 N–H and O–H groups in total. The van der Waals surface area contributed by atoms with Crippen molar-refractivity contribution in [3.8, 4) is 0 Å². The summed E-state index contributed by atoms with van der Waals surface area (Å²) >= 11 is 1.96. The summed E-state index contributed by atoms with van der Waals surface area (Å²) in [6, 6.07) is 5.14. The largest absolute Gasteiger partial charge is 0.310 e. The Balaban J connectivity index is 2.48. The SMILES string of the molecule is CCC(CC)CN(CC)Cc1ccc(CNC(C)C)s1. The molecule has 20 heavy (non-hydrogen) atoms. The molecule has 116 valence electrons. The van der Waals surface area contributed by atoms with Crippen molar-refractivity contribution in [3.05, 3.63) is 21.9 Å². The monoisotopic (exact) mass is 296 g/mol. The number of thiophene rings is 1. The molecular formula is C17H32N2S. The molecule has 0 unspecified atom stereocenters. The second-order valence-electron chi connectivity index (χ2n) is 5.91. The van der Waals surface area contributed by atoms with Gasteiger partial charge in [0.15, 0.2) is 0 Å². The molecular weight excluding hydrogens is 264 g/mol. The summed E-state index contributed by atoms with van der Waals surface area (Å²) in [5.41, 5.74) is 0. The van der Waals surface area contributed by atoms with Gasteiger partial charge in [0.25, 0.3) is 0 Å². The van der Waals surface area contributed by atoms with Crippen molar-refractivity contribution in [1.29, 1.82) is 0 Å². The lowest BCUT2D eigenvalue weighted by Gasteiger charge is -2.24. The van der Waals surface area contributed by atoms with E-state index in [4.69, 9.17) is 0 Å². The van der Waals surface area contributed by atoms with E-state index in [1.165, 1.54) is 29.1 Å². The van der Waals surface area contributed by atoms with Gasteiger partial charge in [-0.25, -0.2) is 0 Å². The first-order valence-electron chi connectivity index (χ1n) is 8.12. The van der Waals surface area contributed by atoms with E-state index in [1.54, 1.807) is 0 Å². The minimum atomic E-state index is 0.558. The highest BCUT2D eigenvalue weighted by Gasteiger charge is 2.11. The first-order valence-corrected chi connectivity index (χ1v) is 8.93. The third-order valence-corrected chi connectivity index (χ3v) is 4.97. The van der Waals surface area contributed by atoms with E-state index in [0.717, 1.165) is 25.6 Å². The predicted octanol–water partition coefficient (Wildman–Crippen LogP) is 4.50. The van der Waals surface area contributed by atoms with E-state index in [9.17, 15) is 0 Å². The van der Waals surface area contributed by atoms with E-state index in [-0.39, 0.29) is 0 Å². The highest BCUT2D eigenvalue weighted by atomic mass is 32.1. The summed E-state index contributed by atoms with van der Waals surface area (Å²) in [6.45, 7) is 15.8. The molecule has 0 atom stereocenters. The number of rotatable bonds is 10. The van der Waals surface area contributed by atoms with Crippen LogP contribution in [0.25, 0.3) is 0 Å². The van der Waals surface area contributed by atoms with E-state index >= 15 is 0 Å². The number of hydrogen-bond acceptors (Lipinski definition) is 3. The fraction of sp³-hybridized carbons (Fsp3) is 0.765. The van der Waals surface area contributed by atoms with Gasteiger partial charge in [-0.15, -0.1) is 11.3 Å². The van der Waals surface area contributed by atoms with Gasteiger partial charge in [0.1, 0.15) is 0 Å². The quantitative estimate of drug-likeness (QED) is 0.683. The molecule has 0 radical (unpaired) electrons. The molecule has 0 saturated heterocycles. The van der Waals surface area contributed by atoms with Gasteiger partial charge in [-0.3, -0.25) is 4.90 Å². The average Bonchev–Trinajstić information content (AvgIpc) is 2.88. The van der Waals surface area contributed by atoms with Crippen molar-refractivity contribution in [3.63, 3.8) is 0 Å². The lowest BCUT2D eigenvalue weighted by atomic mass is 10.0. The maximum atomic E-state index is 3.49. The fourth-order valence-electron chi connectivity index (χ4n) is 2.34. The minimum Gasteiger partial charge on any atom is -0.310 e. The van der Waals surface area contributed by atoms with E-state index in [2.05, 4.69) is 57.0 Å². The van der Waals surface area contributed by atoms with Crippen LogP contribution in [-0.4, -0.2) is 24.0 Å². The van der Waals surface area contributed by atoms with Crippen LogP contribution < -0.4 is 5.32 Å². The normalized spacial score (nSPS) is 12.0. The first kappa shape index (κ1) is 17.7. The van der Waals surface area contributed by atoms with E-state index in [1.807, 2.05) is 11.3 Å². The molecule has 0 aliphatic rings. The molecule has 0 aliphatic carbocycles. The molecule has 1 heterocycles. The lowest BCUT2D eigenvalue weighted by molar-refractivity contribution is 0.228. The molecule has 0 saturated carbocycles. The van der Waals surface area contributed by atoms with Crippen molar-refractivity contribution < 1.29 is 0 Å². The molecule has 0 aliphatic heterocycles. The zero-order chi connectivity index (χ0) is 15.0. The molecule has 2 nitrogen and oxygen atoms in total. The van der Waals surface area contributed by atoms with Gasteiger partial charge in [0.05, 0.1) is 0 Å². The lowest BCUT2D eigenvalue weighted by Crippen LogP contribution is -2.28. The van der Waals surface area contributed by atoms with Crippen LogP contribution in [0.2, 0.25) is 0 Å². The maximum Gasteiger partial charge on any atom is 0.0328 e. The second kappa shape index (κ2) is 9.54. The van der Waals surface area contributed by atoms with Crippen LogP contribution in [-0.2, 0) is 13.1 Å². The molecule has 0 aromatic carbocycles. The third kappa shape index (κ3) is 6.38. The van der Waals surface area contributed by atoms with Crippen LogP contribution in [0.15, 0.2) is 12.1 Å². The molecule has 0 spiro atoms. The van der Waals surface area contributed by atoms with Gasteiger partial charge in [-0.05, 0) is 24.6 Å². The minimum absolute atomic E-state index is 0.558. The molecule has 1 aromatic rings. The van der Waals surface area contributed by atoms with Gasteiger partial charge < -0.3 is 5.32 Å². The zero-order valence-electron chi connectivity index (χ0n) is 13.9. The van der Waals surface area contributed by atoms with E-state index < -0.39 is 0 Å². The Hall–Kier alpha value is -0.380. The summed E-state index contributed by atoms with van der Waals surface area (Å²) in [5, 5.41) is 3.49. The summed E-state index contributed by atoms with van der Waals surface area (Å²) in [5.74, 6) is 0.844. The Kier molecular flexibility index (Phi) is 8.43. The van der Waals surface area contributed by atoms with Gasteiger partial charge in [-0.1, -0.05) is 47.5 Å². The van der Waals surface area contributed by atoms with Crippen molar-refractivity contribution in [2.24, 2.45) is 5.92 Å². The van der Waals surface area contributed by atoms with Crippen molar-refractivity contribution in [2.75, 3.05) is 13.1 Å². The van der Waals surface area contributed by atoms with Gasteiger partial charge >= 0.3 is 0 Å². The van der Waals surface area contributed by atoms with Gasteiger partial charge in [-0.2, -0.15) is 0 Å². The van der Waals surface area contributed by atoms with Crippen LogP contribution in [0.5, 0.6) is 0 Å². The average molecular weight is 297 g/mol. The Morgan fingerprint density at radius 3 is 2.30 bits per heavy atom. The Morgan fingerprint density at radius 1 is 1.10 bits per heavy atom. The van der Waals surface area contributed by atoms with Crippen LogP contribution in [0, 0.1) is 5.92 Å². The molecule has 1 aromatic heterocycles. The number of nitrogens with zero attached hydrogens (tertiary/aromatic N) is 1. The second-order valence-corrected chi connectivity index (χ2v) is 7.17. The van der Waals surface area contributed by atoms with Crippen molar-refractivity contribution in [1.82, 2.24) is 10.2 Å². The topological polar surface area (TPSA) is 15.3 Å². The van der Waals surface area contributed by atoms with Crippen LogP contribution >= 0.6 is 11.3 Å². The Bertz CT molecular complexity index is 356. The van der Waals surface area contributed by atoms with E-state index in [0.29, 0.717) is 6.04 Å². The fourth-order valence-corrected chi connectivity index (χ4v) is 3.36. The zero-order valence-corrected chi connectivity index (χ0v) is 14.7. The summed E-state index contributed by atoms with van der Waals surface area (Å²) in [7, 11) is 0. The van der Waals surface area contributed by atoms with Gasteiger partial charge in [0.2, 0.25) is 0 Å². The van der Waals surface area contributed by atoms with Crippen LogP contribution in [0.3, 0.4) is 0 Å². The summed E-state index contributed by atoms with van der Waals surface area (Å²) in [4.78, 5) is 5.54. The molecule has 1 rings (SSSR count). The third-order valence-electron chi connectivity index (χ3n) is 3.90. The summed E-state index contributed by atoms with van der Waals surface area (Å²) in [6.07, 6.45) is 2.59. The molecule has 0 amide bonds. The number of nitrogens with one attached hydrogen (secondary N) is 1. The summed E-state index contributed by atoms with van der Waals surface area (Å²) < 4.78 is 0. The Labute approximate surface area is 129 Å². The first-order chi connectivity index (χ1) is 9.58. The van der Waals surface area contributed by atoms with Gasteiger partial charge in [0, 0.05) is 35.4 Å². The van der Waals surface area contributed by atoms with Crippen LogP contribution in [0.1, 0.15) is 57.2 Å². The smallest absolute Gasteiger partial charge is 0.0328 e. The van der Waals surface area contributed by atoms with Crippen LogP contribution in [0.4, 0.5) is 0 Å². The maximum absolute atomic E-state index is 3.49. The molecule has 0 fully saturated rings.